The molecule has 3 aromatic heterocycles. The Bertz CT molecular complexity index is 1500. The molecule has 5 rings (SSSR count). The Hall–Kier alpha value is -4.53. The Morgan fingerprint density at radius 1 is 0.919 bits per heavy atom. The molecule has 2 aromatic carbocycles. The van der Waals surface area contributed by atoms with Crippen LogP contribution in [0.1, 0.15) is 22.5 Å². The van der Waals surface area contributed by atoms with Crippen LogP contribution in [0, 0.1) is 13.8 Å². The van der Waals surface area contributed by atoms with Crippen molar-refractivity contribution in [1.82, 2.24) is 19.7 Å². The van der Waals surface area contributed by atoms with Gasteiger partial charge < -0.3 is 23.5 Å². The Morgan fingerprint density at radius 2 is 1.70 bits per heavy atom. The smallest absolute Gasteiger partial charge is 0.203 e. The van der Waals surface area contributed by atoms with E-state index < -0.39 is 0 Å². The van der Waals surface area contributed by atoms with Crippen LogP contribution in [0.15, 0.2) is 65.7 Å². The van der Waals surface area contributed by atoms with Crippen LogP contribution in [0.25, 0.3) is 16.7 Å². The van der Waals surface area contributed by atoms with Crippen molar-refractivity contribution in [3.63, 3.8) is 0 Å². The van der Waals surface area contributed by atoms with Gasteiger partial charge in [0.1, 0.15) is 17.9 Å². The average Bonchev–Trinajstić information content (AvgIpc) is 3.59. The molecule has 5 aromatic rings. The van der Waals surface area contributed by atoms with Gasteiger partial charge in [-0.2, -0.15) is 5.10 Å². The third-order valence-electron chi connectivity index (χ3n) is 6.26. The molecule has 9 nitrogen and oxygen atoms in total. The fraction of sp³-hybridized carbons (Fsp3) is 0.250. The first kappa shape index (κ1) is 24.2. The molecule has 0 aliphatic heterocycles. The van der Waals surface area contributed by atoms with Gasteiger partial charge >= 0.3 is 0 Å². The molecule has 37 heavy (non-hydrogen) atoms. The standard InChI is InChI=1S/C28H29N5O4/c1-18-8-9-19(2)23(11-18)33-28-22(14-31-33)27(29-17-30-28)32(16-21-7-6-10-37-21)15-20-12-24(34-3)26(36-5)25(13-20)35-4/h6-14,17H,15-16H2,1-5H3. The summed E-state index contributed by atoms with van der Waals surface area (Å²) in [4.78, 5) is 11.4. The van der Waals surface area contributed by atoms with Crippen molar-refractivity contribution in [1.29, 1.82) is 0 Å². The van der Waals surface area contributed by atoms with Gasteiger partial charge in [-0.25, -0.2) is 14.6 Å². The van der Waals surface area contributed by atoms with Crippen molar-refractivity contribution in [2.45, 2.75) is 26.9 Å². The maximum absolute atomic E-state index is 5.69. The van der Waals surface area contributed by atoms with Gasteiger partial charge in [-0.05, 0) is 60.9 Å². The largest absolute Gasteiger partial charge is 0.493 e. The van der Waals surface area contributed by atoms with E-state index in [2.05, 4.69) is 46.9 Å². The SMILES string of the molecule is COc1cc(CN(Cc2ccco2)c2ncnc3c2cnn3-c2cc(C)ccc2C)cc(OC)c1OC. The van der Waals surface area contributed by atoms with E-state index in [-0.39, 0.29) is 0 Å². The highest BCUT2D eigenvalue weighted by atomic mass is 16.5. The average molecular weight is 500 g/mol. The zero-order valence-electron chi connectivity index (χ0n) is 21.6. The second-order valence-electron chi connectivity index (χ2n) is 8.75. The lowest BCUT2D eigenvalue weighted by molar-refractivity contribution is 0.323. The molecule has 0 atom stereocenters. The molecule has 190 valence electrons. The molecule has 0 spiro atoms. The van der Waals surface area contributed by atoms with Gasteiger partial charge in [0.15, 0.2) is 17.1 Å². The number of hydrogen-bond donors (Lipinski definition) is 0. The van der Waals surface area contributed by atoms with Crippen LogP contribution in [0.3, 0.4) is 0 Å². The number of benzene rings is 2. The summed E-state index contributed by atoms with van der Waals surface area (Å²) in [5.41, 5.74) is 4.94. The number of aryl methyl sites for hydroxylation is 2. The van der Waals surface area contributed by atoms with E-state index >= 15 is 0 Å². The number of ether oxygens (including phenoxy) is 3. The van der Waals surface area contributed by atoms with Crippen molar-refractivity contribution in [3.05, 3.63) is 83.7 Å². The highest BCUT2D eigenvalue weighted by Gasteiger charge is 2.21. The third-order valence-corrected chi connectivity index (χ3v) is 6.26. The van der Waals surface area contributed by atoms with Crippen LogP contribution in [0.4, 0.5) is 5.82 Å². The van der Waals surface area contributed by atoms with Crippen LogP contribution >= 0.6 is 0 Å². The second kappa shape index (κ2) is 10.2. The molecule has 0 saturated heterocycles. The van der Waals surface area contributed by atoms with Gasteiger partial charge in [0, 0.05) is 6.54 Å². The molecule has 0 N–H and O–H groups in total. The normalized spacial score (nSPS) is 11.1. The number of aromatic nitrogens is 4. The highest BCUT2D eigenvalue weighted by Crippen LogP contribution is 2.39. The summed E-state index contributed by atoms with van der Waals surface area (Å²) >= 11 is 0. The Balaban J connectivity index is 1.61. The molecule has 0 radical (unpaired) electrons. The van der Waals surface area contributed by atoms with Crippen molar-refractivity contribution in [2.24, 2.45) is 0 Å². The summed E-state index contributed by atoms with van der Waals surface area (Å²) in [6, 6.07) is 14.0. The monoisotopic (exact) mass is 499 g/mol. The van der Waals surface area contributed by atoms with E-state index in [1.165, 1.54) is 0 Å². The Labute approximate surface area is 215 Å². The van der Waals surface area contributed by atoms with E-state index in [4.69, 9.17) is 23.7 Å². The van der Waals surface area contributed by atoms with E-state index in [9.17, 15) is 0 Å². The Kier molecular flexibility index (Phi) is 6.68. The highest BCUT2D eigenvalue weighted by molar-refractivity contribution is 5.87. The Morgan fingerprint density at radius 3 is 2.38 bits per heavy atom. The predicted octanol–water partition coefficient (Wildman–Crippen LogP) is 5.26. The van der Waals surface area contributed by atoms with Gasteiger partial charge in [-0.15, -0.1) is 0 Å². The van der Waals surface area contributed by atoms with Gasteiger partial charge in [0.05, 0.1) is 51.4 Å². The summed E-state index contributed by atoms with van der Waals surface area (Å²) in [6.45, 7) is 5.12. The van der Waals surface area contributed by atoms with Crippen molar-refractivity contribution in [3.8, 4) is 22.9 Å². The molecule has 0 aliphatic carbocycles. The van der Waals surface area contributed by atoms with E-state index in [0.717, 1.165) is 45.0 Å². The number of hydrogen-bond acceptors (Lipinski definition) is 8. The minimum atomic E-state index is 0.491. The molecule has 0 amide bonds. The predicted molar refractivity (Wildman–Crippen MR) is 141 cm³/mol. The van der Waals surface area contributed by atoms with Gasteiger partial charge in [-0.3, -0.25) is 0 Å². The van der Waals surface area contributed by atoms with Crippen LogP contribution in [-0.2, 0) is 13.1 Å². The number of rotatable bonds is 9. The van der Waals surface area contributed by atoms with E-state index in [1.807, 2.05) is 35.1 Å². The summed E-state index contributed by atoms with van der Waals surface area (Å²) in [5.74, 6) is 3.27. The number of anilines is 1. The van der Waals surface area contributed by atoms with Crippen LogP contribution < -0.4 is 19.1 Å². The molecular weight excluding hydrogens is 470 g/mol. The number of furan rings is 1. The van der Waals surface area contributed by atoms with Gasteiger partial charge in [-0.1, -0.05) is 12.1 Å². The molecule has 0 saturated carbocycles. The van der Waals surface area contributed by atoms with Crippen molar-refractivity contribution >= 4 is 16.9 Å². The molecular formula is C28H29N5O4. The van der Waals surface area contributed by atoms with Crippen molar-refractivity contribution < 1.29 is 18.6 Å². The lowest BCUT2D eigenvalue weighted by Gasteiger charge is -2.24. The summed E-state index contributed by atoms with van der Waals surface area (Å²) in [7, 11) is 4.81. The quantitative estimate of drug-likeness (QED) is 0.271. The zero-order chi connectivity index (χ0) is 25.9. The summed E-state index contributed by atoms with van der Waals surface area (Å²) < 4.78 is 24.2. The maximum Gasteiger partial charge on any atom is 0.203 e. The summed E-state index contributed by atoms with van der Waals surface area (Å²) in [5, 5.41) is 5.54. The van der Waals surface area contributed by atoms with Crippen LogP contribution in [0.2, 0.25) is 0 Å². The fourth-order valence-corrected chi connectivity index (χ4v) is 4.45. The van der Waals surface area contributed by atoms with Gasteiger partial charge in [0.25, 0.3) is 0 Å². The van der Waals surface area contributed by atoms with Crippen molar-refractivity contribution in [2.75, 3.05) is 26.2 Å². The lowest BCUT2D eigenvalue weighted by Crippen LogP contribution is -2.23. The number of methoxy groups -OCH3 is 3. The summed E-state index contributed by atoms with van der Waals surface area (Å²) in [6.07, 6.45) is 5.06. The van der Waals surface area contributed by atoms with E-state index in [1.54, 1.807) is 33.9 Å². The maximum atomic E-state index is 5.69. The molecule has 3 heterocycles. The molecule has 0 fully saturated rings. The van der Waals surface area contributed by atoms with E-state index in [0.29, 0.717) is 30.3 Å². The lowest BCUT2D eigenvalue weighted by atomic mass is 10.1. The molecule has 9 heteroatoms. The molecule has 0 unspecified atom stereocenters. The minimum absolute atomic E-state index is 0.491. The van der Waals surface area contributed by atoms with Crippen LogP contribution in [0.5, 0.6) is 17.2 Å². The van der Waals surface area contributed by atoms with Crippen LogP contribution in [-0.4, -0.2) is 41.1 Å². The first-order valence-electron chi connectivity index (χ1n) is 11.8. The molecule has 0 aliphatic rings. The third kappa shape index (κ3) is 4.67. The topological polar surface area (TPSA) is 87.7 Å². The second-order valence-corrected chi connectivity index (χ2v) is 8.75. The first-order chi connectivity index (χ1) is 18.0. The number of nitrogens with zero attached hydrogens (tertiary/aromatic N) is 5. The fourth-order valence-electron chi connectivity index (χ4n) is 4.45. The zero-order valence-corrected chi connectivity index (χ0v) is 21.6. The number of fused-ring (bicyclic) bond motifs is 1. The minimum Gasteiger partial charge on any atom is -0.493 e. The van der Waals surface area contributed by atoms with Gasteiger partial charge in [0.2, 0.25) is 5.75 Å². The first-order valence-corrected chi connectivity index (χ1v) is 11.8. The molecule has 0 bridgehead atoms.